The quantitative estimate of drug-likeness (QED) is 0.643. The fourth-order valence-electron chi connectivity index (χ4n) is 0.853. The molecule has 0 spiro atoms. The van der Waals surface area contributed by atoms with Crippen LogP contribution in [0.4, 0.5) is 0 Å². The maximum Gasteiger partial charge on any atom is -0.00255 e. The van der Waals surface area contributed by atoms with Gasteiger partial charge in [0.25, 0.3) is 0 Å². The van der Waals surface area contributed by atoms with E-state index in [4.69, 9.17) is 5.73 Å². The van der Waals surface area contributed by atoms with E-state index in [2.05, 4.69) is 39.5 Å². The lowest BCUT2D eigenvalue weighted by Gasteiger charge is -2.22. The molecule has 0 saturated carbocycles. The summed E-state index contributed by atoms with van der Waals surface area (Å²) in [6.07, 6.45) is 2.54. The van der Waals surface area contributed by atoms with Crippen molar-refractivity contribution in [3.05, 3.63) is 0 Å². The molecular formula is C11H25NS. The third kappa shape index (κ3) is 7.39. The van der Waals surface area contributed by atoms with Crippen molar-refractivity contribution >= 4 is 11.8 Å². The van der Waals surface area contributed by atoms with Crippen LogP contribution in [0.5, 0.6) is 0 Å². The Morgan fingerprint density at radius 3 is 2.46 bits per heavy atom. The molecule has 1 atom stereocenters. The maximum absolute atomic E-state index is 5.67. The van der Waals surface area contributed by atoms with Crippen molar-refractivity contribution in [2.75, 3.05) is 18.1 Å². The highest BCUT2D eigenvalue weighted by atomic mass is 32.2. The highest BCUT2D eigenvalue weighted by molar-refractivity contribution is 7.99. The van der Waals surface area contributed by atoms with E-state index in [-0.39, 0.29) is 0 Å². The molecule has 0 amide bonds. The van der Waals surface area contributed by atoms with Crippen LogP contribution in [0, 0.1) is 11.3 Å². The lowest BCUT2D eigenvalue weighted by atomic mass is 9.91. The molecule has 0 bridgehead atoms. The molecule has 0 aliphatic rings. The molecule has 0 rings (SSSR count). The second kappa shape index (κ2) is 6.72. The van der Waals surface area contributed by atoms with E-state index in [9.17, 15) is 0 Å². The van der Waals surface area contributed by atoms with E-state index in [1.807, 2.05) is 0 Å². The molecule has 1 nitrogen and oxygen atoms in total. The summed E-state index contributed by atoms with van der Waals surface area (Å²) in [5.74, 6) is 3.43. The van der Waals surface area contributed by atoms with E-state index in [1.165, 1.54) is 24.3 Å². The van der Waals surface area contributed by atoms with Gasteiger partial charge >= 0.3 is 0 Å². The zero-order valence-electron chi connectivity index (χ0n) is 9.60. The Morgan fingerprint density at radius 1 is 1.38 bits per heavy atom. The molecule has 0 heterocycles. The molecule has 0 aliphatic carbocycles. The maximum atomic E-state index is 5.67. The van der Waals surface area contributed by atoms with Gasteiger partial charge in [-0.1, -0.05) is 34.1 Å². The van der Waals surface area contributed by atoms with Gasteiger partial charge in [0.05, 0.1) is 0 Å². The van der Waals surface area contributed by atoms with Gasteiger partial charge in [0.1, 0.15) is 0 Å². The van der Waals surface area contributed by atoms with Gasteiger partial charge in [0, 0.05) is 0 Å². The van der Waals surface area contributed by atoms with E-state index < -0.39 is 0 Å². The third-order valence-corrected chi connectivity index (χ3v) is 3.87. The van der Waals surface area contributed by atoms with Crippen molar-refractivity contribution in [2.24, 2.45) is 17.1 Å². The highest BCUT2D eigenvalue weighted by Crippen LogP contribution is 2.22. The monoisotopic (exact) mass is 203 g/mol. The minimum absolute atomic E-state index is 0.336. The van der Waals surface area contributed by atoms with Crippen LogP contribution >= 0.6 is 11.8 Å². The minimum Gasteiger partial charge on any atom is -0.330 e. The Bertz CT molecular complexity index is 123. The smallest absolute Gasteiger partial charge is 0.00255 e. The van der Waals surface area contributed by atoms with Crippen LogP contribution in [-0.2, 0) is 0 Å². The van der Waals surface area contributed by atoms with Gasteiger partial charge in [-0.3, -0.25) is 0 Å². The van der Waals surface area contributed by atoms with E-state index in [0.29, 0.717) is 5.41 Å². The molecule has 2 heteroatoms. The molecule has 0 aromatic heterocycles. The standard InChI is InChI=1S/C11H25NS/c1-5-10(2)8-13-7-6-11(3,4)9-12/h10H,5-9,12H2,1-4H3. The molecule has 80 valence electrons. The predicted octanol–water partition coefficient (Wildman–Crippen LogP) is 3.14. The summed E-state index contributed by atoms with van der Waals surface area (Å²) in [7, 11) is 0. The van der Waals surface area contributed by atoms with Crippen LogP contribution in [0.3, 0.4) is 0 Å². The first-order valence-corrected chi connectivity index (χ1v) is 6.45. The summed E-state index contributed by atoms with van der Waals surface area (Å²) in [5, 5.41) is 0. The van der Waals surface area contributed by atoms with Gasteiger partial charge < -0.3 is 5.73 Å². The van der Waals surface area contributed by atoms with Gasteiger partial charge in [-0.2, -0.15) is 11.8 Å². The highest BCUT2D eigenvalue weighted by Gasteiger charge is 2.14. The zero-order valence-corrected chi connectivity index (χ0v) is 10.4. The minimum atomic E-state index is 0.336. The first-order chi connectivity index (χ1) is 6.02. The largest absolute Gasteiger partial charge is 0.330 e. The van der Waals surface area contributed by atoms with Gasteiger partial charge in [0.15, 0.2) is 0 Å². The van der Waals surface area contributed by atoms with Gasteiger partial charge in [0.2, 0.25) is 0 Å². The Kier molecular flexibility index (Phi) is 6.88. The molecule has 0 saturated heterocycles. The van der Waals surface area contributed by atoms with Gasteiger partial charge in [-0.25, -0.2) is 0 Å². The van der Waals surface area contributed by atoms with Crippen LogP contribution in [0.15, 0.2) is 0 Å². The molecule has 0 aromatic rings. The van der Waals surface area contributed by atoms with Crippen LogP contribution in [0.1, 0.15) is 40.5 Å². The molecule has 2 N–H and O–H groups in total. The van der Waals surface area contributed by atoms with Crippen LogP contribution in [0.2, 0.25) is 0 Å². The summed E-state index contributed by atoms with van der Waals surface area (Å²) in [6, 6.07) is 0. The van der Waals surface area contributed by atoms with Crippen molar-refractivity contribution in [3.8, 4) is 0 Å². The number of hydrogen-bond donors (Lipinski definition) is 1. The molecular weight excluding hydrogens is 178 g/mol. The number of nitrogens with two attached hydrogens (primary N) is 1. The van der Waals surface area contributed by atoms with Crippen LogP contribution in [-0.4, -0.2) is 18.1 Å². The Morgan fingerprint density at radius 2 is 2.00 bits per heavy atom. The second-order valence-corrected chi connectivity index (χ2v) is 5.86. The van der Waals surface area contributed by atoms with Crippen molar-refractivity contribution in [1.29, 1.82) is 0 Å². The summed E-state index contributed by atoms with van der Waals surface area (Å²) in [4.78, 5) is 0. The zero-order chi connectivity index (χ0) is 10.3. The van der Waals surface area contributed by atoms with Crippen LogP contribution < -0.4 is 5.73 Å². The summed E-state index contributed by atoms with van der Waals surface area (Å²) in [6.45, 7) is 9.88. The summed E-state index contributed by atoms with van der Waals surface area (Å²) < 4.78 is 0. The second-order valence-electron chi connectivity index (χ2n) is 4.71. The third-order valence-electron chi connectivity index (χ3n) is 2.58. The van der Waals surface area contributed by atoms with E-state index in [0.717, 1.165) is 12.5 Å². The number of hydrogen-bond acceptors (Lipinski definition) is 2. The topological polar surface area (TPSA) is 26.0 Å². The van der Waals surface area contributed by atoms with Crippen molar-refractivity contribution in [1.82, 2.24) is 0 Å². The Labute approximate surface area is 87.9 Å². The lowest BCUT2D eigenvalue weighted by Crippen LogP contribution is -2.24. The van der Waals surface area contributed by atoms with Crippen LogP contribution in [0.25, 0.3) is 0 Å². The average molecular weight is 203 g/mol. The van der Waals surface area contributed by atoms with E-state index in [1.54, 1.807) is 0 Å². The molecule has 0 radical (unpaired) electrons. The first-order valence-electron chi connectivity index (χ1n) is 5.29. The molecule has 13 heavy (non-hydrogen) atoms. The van der Waals surface area contributed by atoms with Crippen molar-refractivity contribution in [2.45, 2.75) is 40.5 Å². The molecule has 0 aromatic carbocycles. The fourth-order valence-corrected chi connectivity index (χ4v) is 2.35. The van der Waals surface area contributed by atoms with Crippen molar-refractivity contribution in [3.63, 3.8) is 0 Å². The molecule has 1 unspecified atom stereocenters. The average Bonchev–Trinajstić information content (AvgIpc) is 2.12. The predicted molar refractivity (Wildman–Crippen MR) is 64.2 cm³/mol. The van der Waals surface area contributed by atoms with Gasteiger partial charge in [-0.15, -0.1) is 0 Å². The number of rotatable bonds is 7. The number of thioether (sulfide) groups is 1. The van der Waals surface area contributed by atoms with Gasteiger partial charge in [-0.05, 0) is 35.8 Å². The normalized spacial score (nSPS) is 14.5. The Balaban J connectivity index is 3.35. The SMILES string of the molecule is CCC(C)CSCCC(C)(C)CN. The summed E-state index contributed by atoms with van der Waals surface area (Å²) >= 11 is 2.07. The first kappa shape index (κ1) is 13.3. The van der Waals surface area contributed by atoms with E-state index >= 15 is 0 Å². The Hall–Kier alpha value is 0.310. The molecule has 0 aliphatic heterocycles. The molecule has 0 fully saturated rings. The van der Waals surface area contributed by atoms with Crippen molar-refractivity contribution < 1.29 is 0 Å². The lowest BCUT2D eigenvalue weighted by molar-refractivity contribution is 0.368. The summed E-state index contributed by atoms with van der Waals surface area (Å²) in [5.41, 5.74) is 6.00. The fraction of sp³-hybridized carbons (Fsp3) is 1.00.